The highest BCUT2D eigenvalue weighted by atomic mass is 35.5. The van der Waals surface area contributed by atoms with Crippen molar-refractivity contribution in [2.75, 3.05) is 27.2 Å². The van der Waals surface area contributed by atoms with E-state index >= 15 is 0 Å². The van der Waals surface area contributed by atoms with Gasteiger partial charge in [0.15, 0.2) is 5.11 Å². The van der Waals surface area contributed by atoms with Crippen molar-refractivity contribution in [3.8, 4) is 0 Å². The summed E-state index contributed by atoms with van der Waals surface area (Å²) in [6.45, 7) is 5.29. The number of nitrogens with one attached hydrogen (secondary N) is 2. The van der Waals surface area contributed by atoms with Gasteiger partial charge < -0.3 is 15.5 Å². The van der Waals surface area contributed by atoms with E-state index in [1.165, 1.54) is 0 Å². The van der Waals surface area contributed by atoms with Crippen LogP contribution in [0.5, 0.6) is 0 Å². The number of hydrogen-bond acceptors (Lipinski definition) is 3. The van der Waals surface area contributed by atoms with Crippen LogP contribution in [0.4, 0.5) is 0 Å². The standard InChI is InChI=1S/C12H22ClN5S/c1-4-18-9-10(13)11(16-18)8-15-12(19)14-6-5-7-17(2)3/h9H,4-8H2,1-3H3,(H2,14,15,19). The van der Waals surface area contributed by atoms with Crippen molar-refractivity contribution in [1.29, 1.82) is 0 Å². The van der Waals surface area contributed by atoms with Crippen LogP contribution in [-0.2, 0) is 13.1 Å². The molecular weight excluding hydrogens is 282 g/mol. The van der Waals surface area contributed by atoms with Gasteiger partial charge in [-0.25, -0.2) is 0 Å². The van der Waals surface area contributed by atoms with Gasteiger partial charge in [-0.1, -0.05) is 11.6 Å². The molecule has 5 nitrogen and oxygen atoms in total. The number of hydrogen-bond donors (Lipinski definition) is 2. The molecule has 0 radical (unpaired) electrons. The number of aromatic nitrogens is 2. The zero-order chi connectivity index (χ0) is 14.3. The van der Waals surface area contributed by atoms with Gasteiger partial charge in [0.2, 0.25) is 0 Å². The maximum Gasteiger partial charge on any atom is 0.166 e. The van der Waals surface area contributed by atoms with Crippen LogP contribution < -0.4 is 10.6 Å². The minimum absolute atomic E-state index is 0.547. The maximum atomic E-state index is 6.08. The lowest BCUT2D eigenvalue weighted by Crippen LogP contribution is -2.36. The van der Waals surface area contributed by atoms with Crippen molar-refractivity contribution < 1.29 is 0 Å². The molecule has 0 atom stereocenters. The molecule has 0 aliphatic rings. The van der Waals surface area contributed by atoms with Crippen LogP contribution in [0.3, 0.4) is 0 Å². The van der Waals surface area contributed by atoms with Gasteiger partial charge in [0, 0.05) is 19.3 Å². The van der Waals surface area contributed by atoms with E-state index in [-0.39, 0.29) is 0 Å². The lowest BCUT2D eigenvalue weighted by atomic mass is 10.4. The number of rotatable bonds is 7. The number of aryl methyl sites for hydroxylation is 1. The average molecular weight is 304 g/mol. The molecule has 0 spiro atoms. The number of thiocarbonyl (C=S) groups is 1. The van der Waals surface area contributed by atoms with Crippen LogP contribution in [0.2, 0.25) is 5.02 Å². The SMILES string of the molecule is CCn1cc(Cl)c(CNC(=S)NCCCN(C)C)n1. The Kier molecular flexibility index (Phi) is 7.12. The molecule has 0 aliphatic carbocycles. The molecule has 0 aromatic carbocycles. The van der Waals surface area contributed by atoms with Gasteiger partial charge in [0.1, 0.15) is 5.69 Å². The van der Waals surface area contributed by atoms with Gasteiger partial charge in [-0.3, -0.25) is 4.68 Å². The van der Waals surface area contributed by atoms with E-state index in [2.05, 4.69) is 34.7 Å². The highest BCUT2D eigenvalue weighted by Gasteiger charge is 2.06. The summed E-state index contributed by atoms with van der Waals surface area (Å²) < 4.78 is 1.81. The van der Waals surface area contributed by atoms with E-state index in [9.17, 15) is 0 Å². The van der Waals surface area contributed by atoms with E-state index < -0.39 is 0 Å². The topological polar surface area (TPSA) is 45.1 Å². The summed E-state index contributed by atoms with van der Waals surface area (Å²) in [6.07, 6.45) is 2.88. The van der Waals surface area contributed by atoms with Crippen molar-refractivity contribution in [1.82, 2.24) is 25.3 Å². The van der Waals surface area contributed by atoms with E-state index in [0.29, 0.717) is 16.7 Å². The highest BCUT2D eigenvalue weighted by Crippen LogP contribution is 2.13. The summed E-state index contributed by atoms with van der Waals surface area (Å²) in [5.74, 6) is 0. The molecule has 1 aromatic heterocycles. The Morgan fingerprint density at radius 1 is 1.47 bits per heavy atom. The summed E-state index contributed by atoms with van der Waals surface area (Å²) in [5, 5.41) is 11.9. The fourth-order valence-electron chi connectivity index (χ4n) is 1.54. The van der Waals surface area contributed by atoms with Crippen LogP contribution in [0, 0.1) is 0 Å². The Morgan fingerprint density at radius 2 is 2.21 bits per heavy atom. The van der Waals surface area contributed by atoms with Crippen molar-refractivity contribution in [3.05, 3.63) is 16.9 Å². The van der Waals surface area contributed by atoms with Gasteiger partial charge in [0.25, 0.3) is 0 Å². The third-order valence-corrected chi connectivity index (χ3v) is 3.20. The summed E-state index contributed by atoms with van der Waals surface area (Å²) in [6, 6.07) is 0. The zero-order valence-corrected chi connectivity index (χ0v) is 13.3. The quantitative estimate of drug-likeness (QED) is 0.590. The molecule has 1 rings (SSSR count). The Balaban J connectivity index is 2.24. The Hall–Kier alpha value is -0.850. The maximum absolute atomic E-state index is 6.08. The molecule has 19 heavy (non-hydrogen) atoms. The van der Waals surface area contributed by atoms with Gasteiger partial charge in [-0.05, 0) is 46.2 Å². The smallest absolute Gasteiger partial charge is 0.166 e. The largest absolute Gasteiger partial charge is 0.363 e. The molecular formula is C12H22ClN5S. The molecule has 1 aromatic rings. The van der Waals surface area contributed by atoms with E-state index in [0.717, 1.165) is 31.7 Å². The second-order valence-corrected chi connectivity index (χ2v) is 5.36. The van der Waals surface area contributed by atoms with E-state index in [1.54, 1.807) is 0 Å². The van der Waals surface area contributed by atoms with Gasteiger partial charge >= 0.3 is 0 Å². The molecule has 108 valence electrons. The van der Waals surface area contributed by atoms with Crippen LogP contribution in [-0.4, -0.2) is 47.0 Å². The van der Waals surface area contributed by atoms with Crippen LogP contribution in [0.15, 0.2) is 6.20 Å². The first-order valence-corrected chi connectivity index (χ1v) is 7.19. The summed E-state index contributed by atoms with van der Waals surface area (Å²) >= 11 is 11.3. The molecule has 0 amide bonds. The summed E-state index contributed by atoms with van der Waals surface area (Å²) in [7, 11) is 4.12. The number of halogens is 1. The predicted octanol–water partition coefficient (Wildman–Crippen LogP) is 1.47. The Labute approximate surface area is 125 Å². The molecule has 0 saturated carbocycles. The van der Waals surface area contributed by atoms with Gasteiger partial charge in [0.05, 0.1) is 11.6 Å². The number of nitrogens with zero attached hydrogens (tertiary/aromatic N) is 3. The van der Waals surface area contributed by atoms with Crippen LogP contribution >= 0.6 is 23.8 Å². The lowest BCUT2D eigenvalue weighted by Gasteiger charge is -2.12. The van der Waals surface area contributed by atoms with E-state index in [1.807, 2.05) is 17.8 Å². The summed E-state index contributed by atoms with van der Waals surface area (Å²) in [4.78, 5) is 2.15. The summed E-state index contributed by atoms with van der Waals surface area (Å²) in [5.41, 5.74) is 0.820. The van der Waals surface area contributed by atoms with E-state index in [4.69, 9.17) is 23.8 Å². The second kappa shape index (κ2) is 8.35. The Morgan fingerprint density at radius 3 is 2.79 bits per heavy atom. The zero-order valence-electron chi connectivity index (χ0n) is 11.7. The molecule has 0 bridgehead atoms. The average Bonchev–Trinajstić information content (AvgIpc) is 2.72. The predicted molar refractivity (Wildman–Crippen MR) is 83.5 cm³/mol. The second-order valence-electron chi connectivity index (χ2n) is 4.55. The molecule has 0 aliphatic heterocycles. The van der Waals surface area contributed by atoms with Crippen molar-refractivity contribution in [3.63, 3.8) is 0 Å². The third-order valence-electron chi connectivity index (χ3n) is 2.60. The Bertz CT molecular complexity index is 405. The minimum Gasteiger partial charge on any atom is -0.363 e. The van der Waals surface area contributed by atoms with Gasteiger partial charge in [-0.15, -0.1) is 0 Å². The fourth-order valence-corrected chi connectivity index (χ4v) is 1.93. The van der Waals surface area contributed by atoms with Crippen molar-refractivity contribution in [2.24, 2.45) is 0 Å². The van der Waals surface area contributed by atoms with Crippen LogP contribution in [0.25, 0.3) is 0 Å². The molecule has 7 heteroatoms. The first-order chi connectivity index (χ1) is 9.02. The van der Waals surface area contributed by atoms with Crippen LogP contribution in [0.1, 0.15) is 19.0 Å². The first kappa shape index (κ1) is 16.2. The minimum atomic E-state index is 0.547. The first-order valence-electron chi connectivity index (χ1n) is 6.41. The van der Waals surface area contributed by atoms with Gasteiger partial charge in [-0.2, -0.15) is 5.10 Å². The molecule has 1 heterocycles. The molecule has 0 fully saturated rings. The highest BCUT2D eigenvalue weighted by molar-refractivity contribution is 7.80. The molecule has 2 N–H and O–H groups in total. The third kappa shape index (κ3) is 6.22. The monoisotopic (exact) mass is 303 g/mol. The van der Waals surface area contributed by atoms with Crippen molar-refractivity contribution in [2.45, 2.75) is 26.4 Å². The molecule has 0 saturated heterocycles. The molecule has 0 unspecified atom stereocenters. The lowest BCUT2D eigenvalue weighted by molar-refractivity contribution is 0.400. The van der Waals surface area contributed by atoms with Crippen molar-refractivity contribution >= 4 is 28.9 Å². The normalized spacial score (nSPS) is 10.8. The fraction of sp³-hybridized carbons (Fsp3) is 0.667.